The summed E-state index contributed by atoms with van der Waals surface area (Å²) in [7, 11) is 4.46. The van der Waals surface area contributed by atoms with Gasteiger partial charge >= 0.3 is 5.97 Å². The molecule has 1 aliphatic heterocycles. The number of hydrogen-bond acceptors (Lipinski definition) is 7. The van der Waals surface area contributed by atoms with Crippen molar-refractivity contribution in [1.82, 2.24) is 0 Å². The van der Waals surface area contributed by atoms with Gasteiger partial charge in [-0.1, -0.05) is 12.1 Å². The molecule has 138 valence electrons. The Morgan fingerprint density at radius 2 is 1.65 bits per heavy atom. The molecule has 1 heterocycles. The van der Waals surface area contributed by atoms with Gasteiger partial charge in [0.25, 0.3) is 0 Å². The molecule has 2 aromatic rings. The van der Waals surface area contributed by atoms with Gasteiger partial charge in [-0.15, -0.1) is 0 Å². The van der Waals surface area contributed by atoms with E-state index in [0.29, 0.717) is 35.4 Å². The molecule has 1 aliphatic rings. The zero-order valence-electron chi connectivity index (χ0n) is 14.8. The average molecular weight is 360 g/mol. The van der Waals surface area contributed by atoms with Gasteiger partial charge in [0.05, 0.1) is 21.3 Å². The quantitative estimate of drug-likeness (QED) is 0.734. The first-order chi connectivity index (χ1) is 12.7. The maximum atomic E-state index is 12.5. The lowest BCUT2D eigenvalue weighted by atomic mass is 10.1. The van der Waals surface area contributed by atoms with Gasteiger partial charge in [0.2, 0.25) is 0 Å². The fourth-order valence-electron chi connectivity index (χ4n) is 2.58. The molecule has 0 amide bonds. The first kappa shape index (κ1) is 17.7. The van der Waals surface area contributed by atoms with Crippen molar-refractivity contribution in [3.8, 4) is 28.7 Å². The normalized spacial score (nSPS) is 15.1. The summed E-state index contributed by atoms with van der Waals surface area (Å²) in [5, 5.41) is 0. The van der Waals surface area contributed by atoms with Crippen molar-refractivity contribution in [2.75, 3.05) is 34.5 Å². The molecular weight excluding hydrogens is 340 g/mol. The average Bonchev–Trinajstić information content (AvgIpc) is 2.70. The molecule has 3 rings (SSSR count). The molecule has 0 aliphatic carbocycles. The van der Waals surface area contributed by atoms with Crippen LogP contribution in [-0.2, 0) is 4.74 Å². The molecular formula is C19H20O7. The third-order valence-electron chi connectivity index (χ3n) is 3.89. The predicted octanol–water partition coefficient (Wildman–Crippen LogP) is 2.71. The number of esters is 1. The SMILES string of the molecule is COc1cc(OC)c(C(=O)OCC2COc3ccccc3O2)cc1OC. The monoisotopic (exact) mass is 360 g/mol. The standard InChI is InChI=1S/C19H20O7/c1-21-16-9-18(23-3)17(22-2)8-13(16)19(20)25-11-12-10-24-14-6-4-5-7-15(14)26-12/h4-9,12H,10-11H2,1-3H3. The van der Waals surface area contributed by atoms with Crippen molar-refractivity contribution < 1.29 is 33.2 Å². The van der Waals surface area contributed by atoms with Gasteiger partial charge in [-0.05, 0) is 12.1 Å². The van der Waals surface area contributed by atoms with E-state index >= 15 is 0 Å². The van der Waals surface area contributed by atoms with E-state index in [1.165, 1.54) is 27.4 Å². The summed E-state index contributed by atoms with van der Waals surface area (Å²) >= 11 is 0. The molecule has 0 spiro atoms. The molecule has 0 N–H and O–H groups in total. The zero-order chi connectivity index (χ0) is 18.5. The van der Waals surface area contributed by atoms with Crippen molar-refractivity contribution in [3.05, 3.63) is 42.0 Å². The summed E-state index contributed by atoms with van der Waals surface area (Å²) in [5.74, 6) is 1.96. The number of fused-ring (bicyclic) bond motifs is 1. The number of ether oxygens (including phenoxy) is 6. The minimum atomic E-state index is -0.551. The van der Waals surface area contributed by atoms with Crippen molar-refractivity contribution in [2.45, 2.75) is 6.10 Å². The Labute approximate surface area is 151 Å². The lowest BCUT2D eigenvalue weighted by Gasteiger charge is -2.26. The molecule has 1 unspecified atom stereocenters. The molecule has 7 nitrogen and oxygen atoms in total. The van der Waals surface area contributed by atoms with Crippen LogP contribution in [0.25, 0.3) is 0 Å². The number of para-hydroxylation sites is 2. The Bertz CT molecular complexity index is 787. The number of benzene rings is 2. The lowest BCUT2D eigenvalue weighted by molar-refractivity contribution is 0.0107. The van der Waals surface area contributed by atoms with Crippen LogP contribution in [0.5, 0.6) is 28.7 Å². The summed E-state index contributed by atoms with van der Waals surface area (Å²) in [6.07, 6.45) is -0.389. The van der Waals surface area contributed by atoms with Gasteiger partial charge in [-0.2, -0.15) is 0 Å². The third-order valence-corrected chi connectivity index (χ3v) is 3.89. The summed E-state index contributed by atoms with van der Waals surface area (Å²) < 4.78 is 32.5. The second-order valence-corrected chi connectivity index (χ2v) is 5.50. The summed E-state index contributed by atoms with van der Waals surface area (Å²) in [5.41, 5.74) is 0.238. The van der Waals surface area contributed by atoms with Crippen LogP contribution in [-0.4, -0.2) is 46.6 Å². The van der Waals surface area contributed by atoms with Crippen LogP contribution in [0.3, 0.4) is 0 Å². The predicted molar refractivity (Wildman–Crippen MR) is 92.7 cm³/mol. The van der Waals surface area contributed by atoms with E-state index in [9.17, 15) is 4.79 Å². The van der Waals surface area contributed by atoms with Crippen molar-refractivity contribution >= 4 is 5.97 Å². The van der Waals surface area contributed by atoms with Crippen molar-refractivity contribution in [3.63, 3.8) is 0 Å². The largest absolute Gasteiger partial charge is 0.496 e. The van der Waals surface area contributed by atoms with E-state index in [1.54, 1.807) is 12.1 Å². The van der Waals surface area contributed by atoms with E-state index in [-0.39, 0.29) is 18.3 Å². The minimum absolute atomic E-state index is 0.0463. The van der Waals surface area contributed by atoms with Gasteiger partial charge in [0.1, 0.15) is 24.5 Å². The van der Waals surface area contributed by atoms with Crippen LogP contribution >= 0.6 is 0 Å². The van der Waals surface area contributed by atoms with Crippen molar-refractivity contribution in [2.24, 2.45) is 0 Å². The van der Waals surface area contributed by atoms with E-state index in [1.807, 2.05) is 18.2 Å². The van der Waals surface area contributed by atoms with Crippen LogP contribution in [0.2, 0.25) is 0 Å². The zero-order valence-corrected chi connectivity index (χ0v) is 14.8. The van der Waals surface area contributed by atoms with Gasteiger partial charge in [-0.25, -0.2) is 4.79 Å². The maximum Gasteiger partial charge on any atom is 0.342 e. The fraction of sp³-hybridized carbons (Fsp3) is 0.316. The molecule has 0 fully saturated rings. The van der Waals surface area contributed by atoms with E-state index in [2.05, 4.69) is 0 Å². The Kier molecular flexibility index (Phi) is 5.36. The van der Waals surface area contributed by atoms with Gasteiger partial charge in [0.15, 0.2) is 29.1 Å². The highest BCUT2D eigenvalue weighted by Gasteiger charge is 2.24. The highest BCUT2D eigenvalue weighted by Crippen LogP contribution is 2.35. The van der Waals surface area contributed by atoms with Crippen LogP contribution in [0.15, 0.2) is 36.4 Å². The summed E-state index contributed by atoms with van der Waals surface area (Å²) in [6.45, 7) is 0.345. The van der Waals surface area contributed by atoms with Gasteiger partial charge < -0.3 is 28.4 Å². The Morgan fingerprint density at radius 3 is 2.35 bits per heavy atom. The minimum Gasteiger partial charge on any atom is -0.496 e. The molecule has 0 bridgehead atoms. The molecule has 0 radical (unpaired) electrons. The number of carbonyl (C=O) groups excluding carboxylic acids is 1. The van der Waals surface area contributed by atoms with Crippen LogP contribution in [0, 0.1) is 0 Å². The molecule has 2 aromatic carbocycles. The Morgan fingerprint density at radius 1 is 1.00 bits per heavy atom. The fourth-order valence-corrected chi connectivity index (χ4v) is 2.58. The summed E-state index contributed by atoms with van der Waals surface area (Å²) in [6, 6.07) is 10.4. The smallest absolute Gasteiger partial charge is 0.342 e. The Balaban J connectivity index is 1.69. The number of rotatable bonds is 6. The van der Waals surface area contributed by atoms with Crippen LogP contribution in [0.1, 0.15) is 10.4 Å². The van der Waals surface area contributed by atoms with Crippen LogP contribution in [0.4, 0.5) is 0 Å². The number of carbonyl (C=O) groups is 1. The first-order valence-electron chi connectivity index (χ1n) is 8.02. The van der Waals surface area contributed by atoms with E-state index < -0.39 is 5.97 Å². The topological polar surface area (TPSA) is 72.5 Å². The molecule has 0 aromatic heterocycles. The lowest BCUT2D eigenvalue weighted by Crippen LogP contribution is -2.34. The highest BCUT2D eigenvalue weighted by atomic mass is 16.6. The van der Waals surface area contributed by atoms with E-state index in [0.717, 1.165) is 0 Å². The molecule has 7 heteroatoms. The number of hydrogen-bond donors (Lipinski definition) is 0. The first-order valence-corrected chi connectivity index (χ1v) is 8.02. The van der Waals surface area contributed by atoms with E-state index in [4.69, 9.17) is 28.4 Å². The van der Waals surface area contributed by atoms with Crippen LogP contribution < -0.4 is 23.7 Å². The third kappa shape index (κ3) is 3.61. The molecule has 1 atom stereocenters. The second-order valence-electron chi connectivity index (χ2n) is 5.50. The molecule has 26 heavy (non-hydrogen) atoms. The van der Waals surface area contributed by atoms with Gasteiger partial charge in [-0.3, -0.25) is 0 Å². The highest BCUT2D eigenvalue weighted by molar-refractivity contribution is 5.93. The maximum absolute atomic E-state index is 12.5. The number of methoxy groups -OCH3 is 3. The molecule has 0 saturated heterocycles. The summed E-state index contributed by atoms with van der Waals surface area (Å²) in [4.78, 5) is 12.5. The second kappa shape index (κ2) is 7.86. The Hall–Kier alpha value is -3.09. The molecule has 0 saturated carbocycles. The van der Waals surface area contributed by atoms with Gasteiger partial charge in [0, 0.05) is 12.1 Å². The van der Waals surface area contributed by atoms with Crippen molar-refractivity contribution in [1.29, 1.82) is 0 Å².